The number of hydrogen-bond donors (Lipinski definition) is 1. The van der Waals surface area contributed by atoms with Crippen molar-refractivity contribution in [2.24, 2.45) is 0 Å². The fraction of sp³-hybridized carbons (Fsp3) is 0.200. The molecule has 100 valence electrons. The largest absolute Gasteiger partial charge is 0.283 e. The van der Waals surface area contributed by atoms with Crippen LogP contribution in [0.3, 0.4) is 0 Å². The Morgan fingerprint density at radius 2 is 1.63 bits per heavy atom. The van der Waals surface area contributed by atoms with Crippen molar-refractivity contribution >= 4 is 15.7 Å². The van der Waals surface area contributed by atoms with Gasteiger partial charge < -0.3 is 0 Å². The predicted octanol–water partition coefficient (Wildman–Crippen LogP) is 3.25. The second-order valence-corrected chi connectivity index (χ2v) is 6.44. The van der Waals surface area contributed by atoms with Crippen LogP contribution in [0.2, 0.25) is 0 Å². The molecule has 0 atom stereocenters. The van der Waals surface area contributed by atoms with Crippen molar-refractivity contribution in [2.75, 3.05) is 4.72 Å². The van der Waals surface area contributed by atoms with Gasteiger partial charge in [-0.25, -0.2) is 8.42 Å². The normalized spacial score (nSPS) is 11.3. The van der Waals surface area contributed by atoms with Crippen LogP contribution in [0.4, 0.5) is 5.69 Å². The molecule has 0 heterocycles. The summed E-state index contributed by atoms with van der Waals surface area (Å²) in [5, 5.41) is 0. The number of hydrogen-bond acceptors (Lipinski definition) is 2. The van der Waals surface area contributed by atoms with Gasteiger partial charge in [-0.15, -0.1) is 0 Å². The fourth-order valence-electron chi connectivity index (χ4n) is 1.83. The van der Waals surface area contributed by atoms with Crippen LogP contribution in [-0.2, 0) is 15.8 Å². The quantitative estimate of drug-likeness (QED) is 0.931. The summed E-state index contributed by atoms with van der Waals surface area (Å²) in [6.07, 6.45) is 0. The molecule has 0 aliphatic carbocycles. The molecule has 0 aliphatic rings. The minimum absolute atomic E-state index is 0.0127. The molecule has 0 saturated carbocycles. The van der Waals surface area contributed by atoms with Crippen LogP contribution < -0.4 is 4.72 Å². The number of aryl methyl sites for hydroxylation is 2. The van der Waals surface area contributed by atoms with E-state index in [2.05, 4.69) is 4.72 Å². The molecular weight excluding hydrogens is 258 g/mol. The second kappa shape index (κ2) is 5.45. The van der Waals surface area contributed by atoms with Crippen LogP contribution in [0.15, 0.2) is 48.5 Å². The number of sulfonamides is 1. The van der Waals surface area contributed by atoms with Gasteiger partial charge in [-0.05, 0) is 37.1 Å². The molecule has 1 N–H and O–H groups in total. The molecule has 0 spiro atoms. The minimum Gasteiger partial charge on any atom is -0.283 e. The van der Waals surface area contributed by atoms with E-state index in [1.807, 2.05) is 56.3 Å². The molecule has 0 aromatic heterocycles. The molecule has 3 nitrogen and oxygen atoms in total. The SMILES string of the molecule is Cc1ccc(CS(=O)(=O)Nc2cccc(C)c2)cc1. The summed E-state index contributed by atoms with van der Waals surface area (Å²) in [4.78, 5) is 0. The Kier molecular flexibility index (Phi) is 3.90. The minimum atomic E-state index is -3.37. The van der Waals surface area contributed by atoms with E-state index in [9.17, 15) is 8.42 Å². The number of benzene rings is 2. The van der Waals surface area contributed by atoms with Crippen LogP contribution in [0, 0.1) is 13.8 Å². The molecule has 0 amide bonds. The van der Waals surface area contributed by atoms with Crippen LogP contribution in [0.25, 0.3) is 0 Å². The van der Waals surface area contributed by atoms with E-state index in [-0.39, 0.29) is 5.75 Å². The molecular formula is C15H17NO2S. The first kappa shape index (κ1) is 13.6. The summed E-state index contributed by atoms with van der Waals surface area (Å²) in [7, 11) is -3.37. The van der Waals surface area contributed by atoms with E-state index in [1.165, 1.54) is 0 Å². The average molecular weight is 275 g/mol. The van der Waals surface area contributed by atoms with Crippen molar-refractivity contribution in [3.05, 3.63) is 65.2 Å². The molecule has 0 fully saturated rings. The lowest BCUT2D eigenvalue weighted by atomic mass is 10.2. The molecule has 4 heteroatoms. The molecule has 0 bridgehead atoms. The summed E-state index contributed by atoms with van der Waals surface area (Å²) >= 11 is 0. The highest BCUT2D eigenvalue weighted by atomic mass is 32.2. The van der Waals surface area contributed by atoms with Crippen molar-refractivity contribution < 1.29 is 8.42 Å². The van der Waals surface area contributed by atoms with E-state index in [0.717, 1.165) is 16.7 Å². The van der Waals surface area contributed by atoms with Crippen LogP contribution >= 0.6 is 0 Å². The van der Waals surface area contributed by atoms with Crippen molar-refractivity contribution in [3.8, 4) is 0 Å². The molecule has 19 heavy (non-hydrogen) atoms. The first-order valence-electron chi connectivity index (χ1n) is 6.07. The zero-order valence-corrected chi connectivity index (χ0v) is 11.9. The average Bonchev–Trinajstić information content (AvgIpc) is 2.31. The van der Waals surface area contributed by atoms with Gasteiger partial charge in [0.25, 0.3) is 0 Å². The molecule has 2 aromatic carbocycles. The topological polar surface area (TPSA) is 46.2 Å². The van der Waals surface area contributed by atoms with Crippen LogP contribution in [-0.4, -0.2) is 8.42 Å². The van der Waals surface area contributed by atoms with Gasteiger partial charge in [0, 0.05) is 5.69 Å². The predicted molar refractivity (Wildman–Crippen MR) is 78.6 cm³/mol. The van der Waals surface area contributed by atoms with Gasteiger partial charge in [0.2, 0.25) is 10.0 Å². The number of nitrogens with one attached hydrogen (secondary N) is 1. The zero-order valence-electron chi connectivity index (χ0n) is 11.1. The first-order chi connectivity index (χ1) is 8.94. The molecule has 2 rings (SSSR count). The van der Waals surface area contributed by atoms with Crippen molar-refractivity contribution in [2.45, 2.75) is 19.6 Å². The fourth-order valence-corrected chi connectivity index (χ4v) is 3.02. The monoisotopic (exact) mass is 275 g/mol. The highest BCUT2D eigenvalue weighted by Crippen LogP contribution is 2.14. The third-order valence-electron chi connectivity index (χ3n) is 2.77. The van der Waals surface area contributed by atoms with Crippen molar-refractivity contribution in [3.63, 3.8) is 0 Å². The lowest BCUT2D eigenvalue weighted by molar-refractivity contribution is 0.600. The molecule has 0 unspecified atom stereocenters. The number of anilines is 1. The summed E-state index contributed by atoms with van der Waals surface area (Å²) in [5.41, 5.74) is 3.53. The smallest absolute Gasteiger partial charge is 0.236 e. The zero-order chi connectivity index (χ0) is 13.9. The van der Waals surface area contributed by atoms with Gasteiger partial charge >= 0.3 is 0 Å². The summed E-state index contributed by atoms with van der Waals surface area (Å²) in [6.45, 7) is 3.90. The Labute approximate surface area is 114 Å². The van der Waals surface area contributed by atoms with Crippen LogP contribution in [0.5, 0.6) is 0 Å². The lowest BCUT2D eigenvalue weighted by Crippen LogP contribution is -2.15. The maximum Gasteiger partial charge on any atom is 0.236 e. The molecule has 0 saturated heterocycles. The Balaban J connectivity index is 2.13. The Bertz CT molecular complexity index is 661. The summed E-state index contributed by atoms with van der Waals surface area (Å²) in [5.74, 6) is -0.0127. The summed E-state index contributed by atoms with van der Waals surface area (Å²) < 4.78 is 26.7. The second-order valence-electron chi connectivity index (χ2n) is 4.72. The lowest BCUT2D eigenvalue weighted by Gasteiger charge is -2.09. The Morgan fingerprint density at radius 1 is 0.947 bits per heavy atom. The van der Waals surface area contributed by atoms with Gasteiger partial charge in [-0.3, -0.25) is 4.72 Å². The maximum atomic E-state index is 12.1. The Morgan fingerprint density at radius 3 is 2.26 bits per heavy atom. The maximum absolute atomic E-state index is 12.1. The third-order valence-corrected chi connectivity index (χ3v) is 4.03. The van der Waals surface area contributed by atoms with E-state index in [4.69, 9.17) is 0 Å². The summed E-state index contributed by atoms with van der Waals surface area (Å²) in [6, 6.07) is 14.8. The van der Waals surface area contributed by atoms with Gasteiger partial charge in [0.1, 0.15) is 0 Å². The Hall–Kier alpha value is -1.81. The van der Waals surface area contributed by atoms with Crippen molar-refractivity contribution in [1.29, 1.82) is 0 Å². The first-order valence-corrected chi connectivity index (χ1v) is 7.72. The molecule has 0 radical (unpaired) electrons. The van der Waals surface area contributed by atoms with Crippen LogP contribution in [0.1, 0.15) is 16.7 Å². The van der Waals surface area contributed by atoms with Gasteiger partial charge in [0.05, 0.1) is 5.75 Å². The van der Waals surface area contributed by atoms with Crippen molar-refractivity contribution in [1.82, 2.24) is 0 Å². The van der Waals surface area contributed by atoms with E-state index >= 15 is 0 Å². The van der Waals surface area contributed by atoms with Gasteiger partial charge in [-0.2, -0.15) is 0 Å². The van der Waals surface area contributed by atoms with E-state index < -0.39 is 10.0 Å². The van der Waals surface area contributed by atoms with E-state index in [1.54, 1.807) is 6.07 Å². The molecule has 0 aliphatic heterocycles. The van der Waals surface area contributed by atoms with Gasteiger partial charge in [-0.1, -0.05) is 42.0 Å². The van der Waals surface area contributed by atoms with E-state index in [0.29, 0.717) is 5.69 Å². The third kappa shape index (κ3) is 4.10. The highest BCUT2D eigenvalue weighted by Gasteiger charge is 2.11. The highest BCUT2D eigenvalue weighted by molar-refractivity contribution is 7.91. The number of rotatable bonds is 4. The van der Waals surface area contributed by atoms with Gasteiger partial charge in [0.15, 0.2) is 0 Å². The molecule has 2 aromatic rings. The standard InChI is InChI=1S/C15H17NO2S/c1-12-6-8-14(9-7-12)11-19(17,18)16-15-5-3-4-13(2)10-15/h3-10,16H,11H2,1-2H3.